The third-order valence-corrected chi connectivity index (χ3v) is 7.99. The van der Waals surface area contributed by atoms with Crippen LogP contribution in [-0.4, -0.2) is 78.7 Å². The van der Waals surface area contributed by atoms with Gasteiger partial charge < -0.3 is 30.7 Å². The number of carbonyl (C=O) groups is 3. The summed E-state index contributed by atoms with van der Waals surface area (Å²) in [7, 11) is 1.54. The Kier molecular flexibility index (Phi) is 10.9. The van der Waals surface area contributed by atoms with E-state index >= 15 is 0 Å². The molecule has 9 nitrogen and oxygen atoms in total. The second kappa shape index (κ2) is 14.6. The lowest BCUT2D eigenvalue weighted by Crippen LogP contribution is -2.59. The first-order valence-electron chi connectivity index (χ1n) is 14.9. The summed E-state index contributed by atoms with van der Waals surface area (Å²) in [5, 5.41) is 19.1. The van der Waals surface area contributed by atoms with E-state index in [2.05, 4.69) is 28.1 Å². The Bertz CT molecular complexity index is 1210. The molecule has 2 heterocycles. The smallest absolute Gasteiger partial charge is 0.245 e. The number of hydrogen-bond acceptors (Lipinski definition) is 6. The Labute approximate surface area is 247 Å². The van der Waals surface area contributed by atoms with Gasteiger partial charge in [0.2, 0.25) is 17.7 Å². The molecule has 1 aliphatic carbocycles. The predicted octanol–water partition coefficient (Wildman–Crippen LogP) is 2.27. The molecule has 3 aliphatic rings. The lowest BCUT2D eigenvalue weighted by Gasteiger charge is -2.34. The van der Waals surface area contributed by atoms with Crippen molar-refractivity contribution in [1.82, 2.24) is 20.9 Å². The highest BCUT2D eigenvalue weighted by Gasteiger charge is 2.41. The molecule has 228 valence electrons. The summed E-state index contributed by atoms with van der Waals surface area (Å²) in [5.74, 6) is -0.122. The molecule has 0 aromatic heterocycles. The summed E-state index contributed by atoms with van der Waals surface area (Å²) in [6, 6.07) is 11.1. The molecule has 0 saturated heterocycles. The molecule has 42 heavy (non-hydrogen) atoms. The van der Waals surface area contributed by atoms with Crippen molar-refractivity contribution >= 4 is 17.7 Å². The van der Waals surface area contributed by atoms with Crippen molar-refractivity contribution in [2.75, 3.05) is 26.7 Å². The number of benzene rings is 2. The number of carbonyl (C=O) groups excluding carboxylic acids is 3. The van der Waals surface area contributed by atoms with Crippen LogP contribution >= 0.6 is 0 Å². The topological polar surface area (TPSA) is 120 Å². The highest BCUT2D eigenvalue weighted by atomic mass is 19.1. The van der Waals surface area contributed by atoms with Crippen LogP contribution in [0.4, 0.5) is 4.39 Å². The first-order chi connectivity index (χ1) is 20.1. The molecule has 2 bridgehead atoms. The number of hydrogen-bond donors (Lipinski definition) is 4. The molecule has 2 aromatic carbocycles. The van der Waals surface area contributed by atoms with Crippen LogP contribution in [-0.2, 0) is 27.2 Å². The fourth-order valence-electron chi connectivity index (χ4n) is 5.46. The van der Waals surface area contributed by atoms with Gasteiger partial charge in [-0.2, -0.15) is 0 Å². The number of amides is 3. The van der Waals surface area contributed by atoms with E-state index in [1.165, 1.54) is 36.6 Å². The Morgan fingerprint density at radius 1 is 1.00 bits per heavy atom. The number of likely N-dealkylation sites (N-methyl/N-ethyl adjacent to an activating group) is 1. The number of aryl methyl sites for hydroxylation is 3. The zero-order chi connectivity index (χ0) is 30.2. The van der Waals surface area contributed by atoms with Gasteiger partial charge >= 0.3 is 0 Å². The highest BCUT2D eigenvalue weighted by Crippen LogP contribution is 2.35. The third kappa shape index (κ3) is 8.51. The molecule has 2 aliphatic heterocycles. The van der Waals surface area contributed by atoms with E-state index < -0.39 is 24.1 Å². The van der Waals surface area contributed by atoms with Crippen molar-refractivity contribution in [2.24, 2.45) is 5.92 Å². The van der Waals surface area contributed by atoms with Crippen LogP contribution in [0.1, 0.15) is 49.3 Å². The standard InChI is InChI=1S/C25H36N4O5.C7H7F/c1-15(30)22-24(32)28-14-20(31)26-12-4-7-17-5-3-6-18-10-11-19(34-23(17)18)13-27-21(16-8-9-16)25(33)29(22)2;1-6-2-4-7(8)5-3-6/h3,5-6,15-16,19,21-22,27,30H,4,7-14H2,1-2H3,(H,26,31)(H,28,32);2-5H,1H3. The summed E-state index contributed by atoms with van der Waals surface area (Å²) in [5.41, 5.74) is 3.41. The van der Waals surface area contributed by atoms with E-state index in [9.17, 15) is 23.9 Å². The Morgan fingerprint density at radius 3 is 2.33 bits per heavy atom. The predicted molar refractivity (Wildman–Crippen MR) is 157 cm³/mol. The number of halogens is 1. The van der Waals surface area contributed by atoms with Gasteiger partial charge in [0.05, 0.1) is 18.7 Å². The number of para-hydroxylation sites is 1. The van der Waals surface area contributed by atoms with Gasteiger partial charge in [0.1, 0.15) is 23.7 Å². The fourth-order valence-corrected chi connectivity index (χ4v) is 5.46. The summed E-state index contributed by atoms with van der Waals surface area (Å²) < 4.78 is 18.5. The number of nitrogens with zero attached hydrogens (tertiary/aromatic N) is 1. The molecule has 4 atom stereocenters. The molecule has 1 saturated carbocycles. The van der Waals surface area contributed by atoms with Crippen molar-refractivity contribution < 1.29 is 28.6 Å². The van der Waals surface area contributed by atoms with Gasteiger partial charge in [0.25, 0.3) is 0 Å². The third-order valence-electron chi connectivity index (χ3n) is 7.99. The zero-order valence-electron chi connectivity index (χ0n) is 24.7. The minimum Gasteiger partial charge on any atom is -0.489 e. The Balaban J connectivity index is 0.000000437. The number of nitrogens with one attached hydrogen (secondary N) is 3. The fraction of sp³-hybridized carbons (Fsp3) is 0.531. The monoisotopic (exact) mass is 582 g/mol. The number of rotatable bonds is 2. The lowest BCUT2D eigenvalue weighted by atomic mass is 9.97. The quantitative estimate of drug-likeness (QED) is 0.432. The largest absolute Gasteiger partial charge is 0.489 e. The van der Waals surface area contributed by atoms with Crippen LogP contribution in [0.15, 0.2) is 42.5 Å². The van der Waals surface area contributed by atoms with Crippen LogP contribution < -0.4 is 20.7 Å². The SMILES string of the molecule is CC(O)C1C(=O)NCC(=O)NCCCc2cccc3c2OC(CC3)CNC(C2CC2)C(=O)N1C.Cc1ccc(F)cc1. The van der Waals surface area contributed by atoms with Gasteiger partial charge in [-0.15, -0.1) is 0 Å². The molecule has 3 amide bonds. The maximum Gasteiger partial charge on any atom is 0.245 e. The molecule has 1 fully saturated rings. The summed E-state index contributed by atoms with van der Waals surface area (Å²) in [6.07, 6.45) is 4.05. The maximum atomic E-state index is 13.4. The second-order valence-electron chi connectivity index (χ2n) is 11.5. The molecule has 5 rings (SSSR count). The van der Waals surface area contributed by atoms with E-state index in [1.54, 1.807) is 12.1 Å². The number of aliphatic hydroxyl groups is 1. The van der Waals surface area contributed by atoms with Gasteiger partial charge in [0.15, 0.2) is 0 Å². The van der Waals surface area contributed by atoms with Crippen LogP contribution in [0.5, 0.6) is 5.75 Å². The first kappa shape index (κ1) is 31.4. The van der Waals surface area contributed by atoms with Crippen molar-refractivity contribution in [3.8, 4) is 5.75 Å². The van der Waals surface area contributed by atoms with Gasteiger partial charge in [-0.3, -0.25) is 14.4 Å². The van der Waals surface area contributed by atoms with Gasteiger partial charge in [0, 0.05) is 20.1 Å². The van der Waals surface area contributed by atoms with E-state index in [4.69, 9.17) is 4.74 Å². The number of aliphatic hydroxyl groups excluding tert-OH is 1. The minimum absolute atomic E-state index is 0.0533. The van der Waals surface area contributed by atoms with E-state index in [1.807, 2.05) is 13.0 Å². The average Bonchev–Trinajstić information content (AvgIpc) is 3.81. The van der Waals surface area contributed by atoms with Gasteiger partial charge in [-0.25, -0.2) is 4.39 Å². The van der Waals surface area contributed by atoms with E-state index in [0.29, 0.717) is 13.1 Å². The first-order valence-corrected chi connectivity index (χ1v) is 14.9. The molecular formula is C32H43FN4O5. The van der Waals surface area contributed by atoms with E-state index in [0.717, 1.165) is 55.4 Å². The highest BCUT2D eigenvalue weighted by molar-refractivity contribution is 5.92. The molecule has 4 unspecified atom stereocenters. The molecule has 0 radical (unpaired) electrons. The lowest BCUT2D eigenvalue weighted by molar-refractivity contribution is -0.145. The van der Waals surface area contributed by atoms with Crippen molar-refractivity contribution in [1.29, 1.82) is 0 Å². The number of ether oxygens (including phenoxy) is 1. The molecule has 4 N–H and O–H groups in total. The normalized spacial score (nSPS) is 24.5. The number of fused-ring (bicyclic) bond motifs is 1. The maximum absolute atomic E-state index is 13.4. The van der Waals surface area contributed by atoms with Crippen molar-refractivity contribution in [3.63, 3.8) is 0 Å². The van der Waals surface area contributed by atoms with Crippen molar-refractivity contribution in [3.05, 3.63) is 65.0 Å². The van der Waals surface area contributed by atoms with Crippen LogP contribution in [0.3, 0.4) is 0 Å². The van der Waals surface area contributed by atoms with Gasteiger partial charge in [-0.1, -0.05) is 35.9 Å². The van der Waals surface area contributed by atoms with Crippen LogP contribution in [0.2, 0.25) is 0 Å². The second-order valence-corrected chi connectivity index (χ2v) is 11.5. The Morgan fingerprint density at radius 2 is 1.69 bits per heavy atom. The zero-order valence-corrected chi connectivity index (χ0v) is 24.7. The molecular weight excluding hydrogens is 539 g/mol. The van der Waals surface area contributed by atoms with Crippen molar-refractivity contribution in [2.45, 2.75) is 76.7 Å². The average molecular weight is 583 g/mol. The summed E-state index contributed by atoms with van der Waals surface area (Å²) in [6.45, 7) is 4.21. The molecule has 2 aromatic rings. The molecule has 0 spiro atoms. The van der Waals surface area contributed by atoms with E-state index in [-0.39, 0.29) is 36.2 Å². The molecule has 10 heteroatoms. The summed E-state index contributed by atoms with van der Waals surface area (Å²) in [4.78, 5) is 39.8. The summed E-state index contributed by atoms with van der Waals surface area (Å²) >= 11 is 0. The van der Waals surface area contributed by atoms with Crippen LogP contribution in [0, 0.1) is 18.7 Å². The minimum atomic E-state index is -1.08. The Hall–Kier alpha value is -3.50. The van der Waals surface area contributed by atoms with Gasteiger partial charge in [-0.05, 0) is 81.5 Å². The van der Waals surface area contributed by atoms with Crippen LogP contribution in [0.25, 0.3) is 0 Å².